The molecule has 1 aromatic carbocycles. The first-order valence-electron chi connectivity index (χ1n) is 4.94. The predicted molar refractivity (Wildman–Crippen MR) is 61.7 cm³/mol. The Hall–Kier alpha value is -1.62. The molecule has 0 aliphatic heterocycles. The predicted octanol–water partition coefficient (Wildman–Crippen LogP) is 2.06. The summed E-state index contributed by atoms with van der Waals surface area (Å²) >= 11 is 0. The molecule has 16 heavy (non-hydrogen) atoms. The van der Waals surface area contributed by atoms with Crippen molar-refractivity contribution >= 4 is 5.69 Å². The van der Waals surface area contributed by atoms with Gasteiger partial charge in [-0.15, -0.1) is 0 Å². The Morgan fingerprint density at radius 2 is 2.06 bits per heavy atom. The van der Waals surface area contributed by atoms with Crippen molar-refractivity contribution in [2.75, 3.05) is 14.2 Å². The average molecular weight is 224 g/mol. The van der Waals surface area contributed by atoms with Gasteiger partial charge >= 0.3 is 5.69 Å². The molecular weight excluding hydrogens is 208 g/mol. The molecule has 88 valence electrons. The molecule has 1 aromatic rings. The van der Waals surface area contributed by atoms with Crippen LogP contribution in [0.1, 0.15) is 19.4 Å². The lowest BCUT2D eigenvalue weighted by Crippen LogP contribution is -2.33. The first-order valence-corrected chi connectivity index (χ1v) is 4.94. The largest absolute Gasteiger partial charge is 0.490 e. The molecule has 5 nitrogen and oxygen atoms in total. The summed E-state index contributed by atoms with van der Waals surface area (Å²) in [5, 5.41) is 13.9. The number of methoxy groups -OCH3 is 1. The molecule has 0 unspecified atom stereocenters. The summed E-state index contributed by atoms with van der Waals surface area (Å²) < 4.78 is 5.02. The summed E-state index contributed by atoms with van der Waals surface area (Å²) in [5.41, 5.74) is 0.679. The Bertz CT molecular complexity index is 402. The van der Waals surface area contributed by atoms with Gasteiger partial charge in [0.1, 0.15) is 0 Å². The second-order valence-electron chi connectivity index (χ2n) is 4.02. The minimum absolute atomic E-state index is 0.0156. The number of rotatable bonds is 4. The fourth-order valence-corrected chi connectivity index (χ4v) is 1.36. The summed E-state index contributed by atoms with van der Waals surface area (Å²) in [6.45, 7) is 3.99. The van der Waals surface area contributed by atoms with Gasteiger partial charge in [-0.3, -0.25) is 10.1 Å². The Balaban J connectivity index is 3.24. The molecule has 5 heteroatoms. The zero-order valence-corrected chi connectivity index (χ0v) is 9.90. The number of benzene rings is 1. The third-order valence-corrected chi connectivity index (χ3v) is 2.72. The summed E-state index contributed by atoms with van der Waals surface area (Å²) in [4.78, 5) is 10.3. The molecule has 0 aliphatic rings. The first-order chi connectivity index (χ1) is 7.42. The summed E-state index contributed by atoms with van der Waals surface area (Å²) in [6.07, 6.45) is 0. The number of hydrogen-bond donors (Lipinski definition) is 1. The van der Waals surface area contributed by atoms with Gasteiger partial charge in [-0.25, -0.2) is 0 Å². The highest BCUT2D eigenvalue weighted by Gasteiger charge is 2.22. The van der Waals surface area contributed by atoms with Gasteiger partial charge in [-0.2, -0.15) is 0 Å². The van der Waals surface area contributed by atoms with Crippen molar-refractivity contribution < 1.29 is 9.66 Å². The van der Waals surface area contributed by atoms with Crippen LogP contribution in [0.25, 0.3) is 0 Å². The Morgan fingerprint density at radius 3 is 2.50 bits per heavy atom. The molecule has 1 rings (SSSR count). The summed E-state index contributed by atoms with van der Waals surface area (Å²) in [7, 11) is 3.27. The normalized spacial score (nSPS) is 11.2. The average Bonchev–Trinajstić information content (AvgIpc) is 2.27. The van der Waals surface area contributed by atoms with Crippen LogP contribution in [-0.2, 0) is 5.54 Å². The zero-order valence-electron chi connectivity index (χ0n) is 9.90. The smallest absolute Gasteiger partial charge is 0.310 e. The molecular formula is C11H16N2O3. The molecule has 0 atom stereocenters. The second kappa shape index (κ2) is 4.49. The van der Waals surface area contributed by atoms with Crippen LogP contribution < -0.4 is 10.1 Å². The molecule has 0 bridgehead atoms. The molecule has 0 aromatic heterocycles. The number of hydrogen-bond acceptors (Lipinski definition) is 4. The molecule has 0 radical (unpaired) electrons. The van der Waals surface area contributed by atoms with E-state index in [1.807, 2.05) is 20.9 Å². The van der Waals surface area contributed by atoms with Gasteiger partial charge in [0.15, 0.2) is 5.75 Å². The molecule has 0 saturated carbocycles. The van der Waals surface area contributed by atoms with E-state index in [1.54, 1.807) is 12.1 Å². The van der Waals surface area contributed by atoms with Gasteiger partial charge in [0.25, 0.3) is 0 Å². The van der Waals surface area contributed by atoms with Gasteiger partial charge in [0.2, 0.25) is 0 Å². The maximum absolute atomic E-state index is 10.7. The van der Waals surface area contributed by atoms with Crippen LogP contribution >= 0.6 is 0 Å². The van der Waals surface area contributed by atoms with Crippen LogP contribution in [-0.4, -0.2) is 19.1 Å². The minimum Gasteiger partial charge on any atom is -0.490 e. The highest BCUT2D eigenvalue weighted by atomic mass is 16.6. The van der Waals surface area contributed by atoms with Crippen molar-refractivity contribution in [3.63, 3.8) is 0 Å². The van der Waals surface area contributed by atoms with Crippen molar-refractivity contribution in [3.8, 4) is 5.75 Å². The first kappa shape index (κ1) is 12.4. The molecule has 0 spiro atoms. The van der Waals surface area contributed by atoms with Crippen molar-refractivity contribution in [1.29, 1.82) is 0 Å². The molecule has 0 heterocycles. The molecule has 0 saturated heterocycles. The lowest BCUT2D eigenvalue weighted by molar-refractivity contribution is -0.385. The third kappa shape index (κ3) is 2.30. The van der Waals surface area contributed by atoms with Crippen LogP contribution in [0, 0.1) is 10.1 Å². The minimum atomic E-state index is -0.449. The van der Waals surface area contributed by atoms with Crippen LogP contribution in [0.5, 0.6) is 5.75 Å². The van der Waals surface area contributed by atoms with E-state index in [0.717, 1.165) is 5.56 Å². The van der Waals surface area contributed by atoms with Crippen LogP contribution in [0.15, 0.2) is 18.2 Å². The van der Waals surface area contributed by atoms with Crippen molar-refractivity contribution in [2.24, 2.45) is 0 Å². The zero-order chi connectivity index (χ0) is 12.3. The number of nitro groups is 1. The van der Waals surface area contributed by atoms with Crippen LogP contribution in [0.2, 0.25) is 0 Å². The summed E-state index contributed by atoms with van der Waals surface area (Å²) in [6, 6.07) is 4.89. The molecule has 0 fully saturated rings. The van der Waals surface area contributed by atoms with E-state index in [-0.39, 0.29) is 17.0 Å². The van der Waals surface area contributed by atoms with E-state index in [1.165, 1.54) is 13.2 Å². The Morgan fingerprint density at radius 1 is 1.44 bits per heavy atom. The van der Waals surface area contributed by atoms with E-state index in [2.05, 4.69) is 5.32 Å². The SMILES string of the molecule is CNC(C)(C)c1ccc([N+](=O)[O-])c(OC)c1. The van der Waals surface area contributed by atoms with Crippen molar-refractivity contribution in [1.82, 2.24) is 5.32 Å². The van der Waals surface area contributed by atoms with Gasteiger partial charge in [0.05, 0.1) is 12.0 Å². The highest BCUT2D eigenvalue weighted by molar-refractivity contribution is 5.49. The fourth-order valence-electron chi connectivity index (χ4n) is 1.36. The topological polar surface area (TPSA) is 64.4 Å². The van der Waals surface area contributed by atoms with E-state index in [9.17, 15) is 10.1 Å². The number of nitrogens with zero attached hydrogens (tertiary/aromatic N) is 1. The van der Waals surface area contributed by atoms with Gasteiger partial charge in [-0.1, -0.05) is 6.07 Å². The summed E-state index contributed by atoms with van der Waals surface area (Å²) in [5.74, 6) is 0.283. The third-order valence-electron chi connectivity index (χ3n) is 2.72. The quantitative estimate of drug-likeness (QED) is 0.628. The number of nitro benzene ring substituents is 1. The Kier molecular flexibility index (Phi) is 3.49. The molecule has 1 N–H and O–H groups in total. The highest BCUT2D eigenvalue weighted by Crippen LogP contribution is 2.31. The van der Waals surface area contributed by atoms with E-state index in [0.29, 0.717) is 0 Å². The second-order valence-corrected chi connectivity index (χ2v) is 4.02. The van der Waals surface area contributed by atoms with Gasteiger partial charge in [-0.05, 0) is 32.5 Å². The van der Waals surface area contributed by atoms with Crippen molar-refractivity contribution in [3.05, 3.63) is 33.9 Å². The van der Waals surface area contributed by atoms with Gasteiger partial charge in [0, 0.05) is 11.6 Å². The van der Waals surface area contributed by atoms with Crippen LogP contribution in [0.3, 0.4) is 0 Å². The lowest BCUT2D eigenvalue weighted by atomic mass is 9.94. The number of ether oxygens (including phenoxy) is 1. The maximum Gasteiger partial charge on any atom is 0.310 e. The number of nitrogens with one attached hydrogen (secondary N) is 1. The lowest BCUT2D eigenvalue weighted by Gasteiger charge is -2.24. The molecule has 0 amide bonds. The molecule has 0 aliphatic carbocycles. The van der Waals surface area contributed by atoms with E-state index in [4.69, 9.17) is 4.74 Å². The van der Waals surface area contributed by atoms with Crippen LogP contribution in [0.4, 0.5) is 5.69 Å². The van der Waals surface area contributed by atoms with Gasteiger partial charge < -0.3 is 10.1 Å². The standard InChI is InChI=1S/C11H16N2O3/c1-11(2,12-3)8-5-6-9(13(14)15)10(7-8)16-4/h5-7,12H,1-4H3. The Labute approximate surface area is 94.6 Å². The monoisotopic (exact) mass is 224 g/mol. The van der Waals surface area contributed by atoms with E-state index < -0.39 is 4.92 Å². The fraction of sp³-hybridized carbons (Fsp3) is 0.455. The van der Waals surface area contributed by atoms with Crippen molar-refractivity contribution in [2.45, 2.75) is 19.4 Å². The maximum atomic E-state index is 10.7. The van der Waals surface area contributed by atoms with E-state index >= 15 is 0 Å².